The third kappa shape index (κ3) is 4.21. The molecule has 0 spiro atoms. The number of halogens is 1. The molecule has 0 saturated heterocycles. The average molecular weight is 449 g/mol. The standard InChI is InChI=1S/C26H25ClN2O3/c1-16(18-8-10-19(11-9-18)17(2)26(30)31)25-28-23-14-21(32-3)12-13-24(23)29(25)15-20-6-4-5-7-22(20)27/h4-14,16-17H,15H2,1-3H3,(H,30,31). The highest BCUT2D eigenvalue weighted by Gasteiger charge is 2.20. The van der Waals surface area contributed by atoms with Crippen molar-refractivity contribution in [2.45, 2.75) is 32.2 Å². The summed E-state index contributed by atoms with van der Waals surface area (Å²) in [5.41, 5.74) is 4.72. The fourth-order valence-corrected chi connectivity index (χ4v) is 4.11. The van der Waals surface area contributed by atoms with Crippen molar-refractivity contribution in [3.8, 4) is 5.75 Å². The number of methoxy groups -OCH3 is 1. The van der Waals surface area contributed by atoms with E-state index in [4.69, 9.17) is 21.3 Å². The van der Waals surface area contributed by atoms with Crippen LogP contribution < -0.4 is 4.74 Å². The van der Waals surface area contributed by atoms with Gasteiger partial charge in [-0.05, 0) is 41.8 Å². The third-order valence-electron chi connectivity index (χ3n) is 5.97. The first kappa shape index (κ1) is 21.9. The summed E-state index contributed by atoms with van der Waals surface area (Å²) in [6.45, 7) is 4.39. The second kappa shape index (κ2) is 9.05. The van der Waals surface area contributed by atoms with E-state index in [1.165, 1.54) is 0 Å². The van der Waals surface area contributed by atoms with Crippen molar-refractivity contribution in [1.29, 1.82) is 0 Å². The van der Waals surface area contributed by atoms with Crippen molar-refractivity contribution in [2.24, 2.45) is 0 Å². The van der Waals surface area contributed by atoms with Gasteiger partial charge in [0, 0.05) is 17.0 Å². The number of aliphatic carboxylic acids is 1. The van der Waals surface area contributed by atoms with Gasteiger partial charge in [0.1, 0.15) is 11.6 Å². The molecule has 0 aliphatic rings. The zero-order valence-electron chi connectivity index (χ0n) is 18.2. The van der Waals surface area contributed by atoms with E-state index >= 15 is 0 Å². The van der Waals surface area contributed by atoms with Crippen molar-refractivity contribution in [2.75, 3.05) is 7.11 Å². The maximum Gasteiger partial charge on any atom is 0.310 e. The van der Waals surface area contributed by atoms with E-state index in [2.05, 4.69) is 11.5 Å². The monoisotopic (exact) mass is 448 g/mol. The molecule has 0 radical (unpaired) electrons. The fourth-order valence-electron chi connectivity index (χ4n) is 3.91. The minimum absolute atomic E-state index is 0.00920. The predicted octanol–water partition coefficient (Wildman–Crippen LogP) is 6.09. The van der Waals surface area contributed by atoms with Crippen molar-refractivity contribution < 1.29 is 14.6 Å². The summed E-state index contributed by atoms with van der Waals surface area (Å²) in [4.78, 5) is 16.3. The number of carboxylic acids is 1. The van der Waals surface area contributed by atoms with Crippen LogP contribution in [0.25, 0.3) is 11.0 Å². The maximum absolute atomic E-state index is 11.3. The number of benzene rings is 3. The van der Waals surface area contributed by atoms with Crippen LogP contribution in [0.2, 0.25) is 5.02 Å². The van der Waals surface area contributed by atoms with Gasteiger partial charge in [-0.2, -0.15) is 0 Å². The summed E-state index contributed by atoms with van der Waals surface area (Å²) in [5, 5.41) is 10.00. The molecule has 0 amide bonds. The molecule has 32 heavy (non-hydrogen) atoms. The lowest BCUT2D eigenvalue weighted by Gasteiger charge is -2.17. The van der Waals surface area contributed by atoms with Crippen LogP contribution in [0.5, 0.6) is 5.75 Å². The minimum atomic E-state index is -0.832. The summed E-state index contributed by atoms with van der Waals surface area (Å²) in [6, 6.07) is 21.4. The van der Waals surface area contributed by atoms with Crippen LogP contribution in [0.15, 0.2) is 66.7 Å². The van der Waals surface area contributed by atoms with Gasteiger partial charge in [-0.25, -0.2) is 4.98 Å². The number of carboxylic acid groups (broad SMARTS) is 1. The Morgan fingerprint density at radius 3 is 2.41 bits per heavy atom. The highest BCUT2D eigenvalue weighted by Crippen LogP contribution is 2.31. The molecule has 164 valence electrons. The van der Waals surface area contributed by atoms with Crippen LogP contribution in [0.1, 0.15) is 48.2 Å². The van der Waals surface area contributed by atoms with Crippen LogP contribution in [0.3, 0.4) is 0 Å². The van der Waals surface area contributed by atoms with E-state index in [0.717, 1.165) is 39.3 Å². The lowest BCUT2D eigenvalue weighted by atomic mass is 9.95. The highest BCUT2D eigenvalue weighted by atomic mass is 35.5. The number of rotatable bonds is 7. The number of fused-ring (bicyclic) bond motifs is 1. The van der Waals surface area contributed by atoms with E-state index in [0.29, 0.717) is 11.6 Å². The Bertz CT molecular complexity index is 1260. The molecule has 0 bridgehead atoms. The van der Waals surface area contributed by atoms with Crippen molar-refractivity contribution >= 4 is 28.6 Å². The Morgan fingerprint density at radius 2 is 1.75 bits per heavy atom. The first-order valence-electron chi connectivity index (χ1n) is 10.5. The van der Waals surface area contributed by atoms with Crippen LogP contribution in [-0.4, -0.2) is 27.7 Å². The molecule has 4 rings (SSSR count). The molecule has 0 aliphatic carbocycles. The van der Waals surface area contributed by atoms with Gasteiger partial charge in [-0.15, -0.1) is 0 Å². The largest absolute Gasteiger partial charge is 0.497 e. The zero-order valence-corrected chi connectivity index (χ0v) is 19.0. The molecule has 1 heterocycles. The number of ether oxygens (including phenoxy) is 1. The molecule has 2 atom stereocenters. The van der Waals surface area contributed by atoms with E-state index in [1.807, 2.05) is 66.7 Å². The first-order valence-corrected chi connectivity index (χ1v) is 10.9. The summed E-state index contributed by atoms with van der Waals surface area (Å²) >= 11 is 6.46. The molecule has 0 saturated carbocycles. The molecular formula is C26H25ClN2O3. The van der Waals surface area contributed by atoms with Crippen LogP contribution in [-0.2, 0) is 11.3 Å². The van der Waals surface area contributed by atoms with Gasteiger partial charge < -0.3 is 14.4 Å². The van der Waals surface area contributed by atoms with Crippen LogP contribution >= 0.6 is 11.6 Å². The third-order valence-corrected chi connectivity index (χ3v) is 6.33. The normalized spacial score (nSPS) is 13.1. The summed E-state index contributed by atoms with van der Waals surface area (Å²) < 4.78 is 7.58. The quantitative estimate of drug-likeness (QED) is 0.371. The SMILES string of the molecule is COc1ccc2c(c1)nc(C(C)c1ccc(C(C)C(=O)O)cc1)n2Cc1ccccc1Cl. The van der Waals surface area contributed by atoms with Gasteiger partial charge in [-0.1, -0.05) is 61.0 Å². The molecule has 2 unspecified atom stereocenters. The molecule has 0 aliphatic heterocycles. The van der Waals surface area contributed by atoms with E-state index in [1.54, 1.807) is 14.0 Å². The number of aromatic nitrogens is 2. The van der Waals surface area contributed by atoms with Crippen LogP contribution in [0.4, 0.5) is 0 Å². The van der Waals surface area contributed by atoms with Gasteiger partial charge in [0.25, 0.3) is 0 Å². The zero-order chi connectivity index (χ0) is 22.8. The smallest absolute Gasteiger partial charge is 0.310 e. The Balaban J connectivity index is 1.78. The predicted molar refractivity (Wildman–Crippen MR) is 127 cm³/mol. The molecule has 1 aromatic heterocycles. The van der Waals surface area contributed by atoms with Gasteiger partial charge in [0.05, 0.1) is 30.6 Å². The highest BCUT2D eigenvalue weighted by molar-refractivity contribution is 6.31. The summed E-state index contributed by atoms with van der Waals surface area (Å²) in [5.74, 6) is 0.279. The average Bonchev–Trinajstić information content (AvgIpc) is 3.17. The molecule has 4 aromatic rings. The lowest BCUT2D eigenvalue weighted by Crippen LogP contribution is -2.10. The van der Waals surface area contributed by atoms with Crippen molar-refractivity contribution in [1.82, 2.24) is 9.55 Å². The van der Waals surface area contributed by atoms with E-state index in [-0.39, 0.29) is 5.92 Å². The first-order chi connectivity index (χ1) is 15.4. The molecule has 1 N–H and O–H groups in total. The van der Waals surface area contributed by atoms with Gasteiger partial charge in [-0.3, -0.25) is 4.79 Å². The molecular weight excluding hydrogens is 424 g/mol. The summed E-state index contributed by atoms with van der Waals surface area (Å²) in [6.07, 6.45) is 0. The molecule has 3 aromatic carbocycles. The number of imidazole rings is 1. The topological polar surface area (TPSA) is 64.3 Å². The van der Waals surface area contributed by atoms with Gasteiger partial charge in [0.15, 0.2) is 0 Å². The molecule has 5 nitrogen and oxygen atoms in total. The van der Waals surface area contributed by atoms with E-state index in [9.17, 15) is 9.90 Å². The Hall–Kier alpha value is -3.31. The van der Waals surface area contributed by atoms with Crippen molar-refractivity contribution in [3.05, 3.63) is 94.3 Å². The Labute approximate surface area is 192 Å². The maximum atomic E-state index is 11.3. The van der Waals surface area contributed by atoms with Crippen LogP contribution in [0, 0.1) is 0 Å². The Kier molecular flexibility index (Phi) is 6.19. The van der Waals surface area contributed by atoms with E-state index < -0.39 is 11.9 Å². The van der Waals surface area contributed by atoms with Crippen molar-refractivity contribution in [3.63, 3.8) is 0 Å². The number of carbonyl (C=O) groups is 1. The minimum Gasteiger partial charge on any atom is -0.497 e. The number of hydrogen-bond donors (Lipinski definition) is 1. The Morgan fingerprint density at radius 1 is 1.06 bits per heavy atom. The summed E-state index contributed by atoms with van der Waals surface area (Å²) in [7, 11) is 1.64. The number of nitrogens with zero attached hydrogens (tertiary/aromatic N) is 2. The second-order valence-electron chi connectivity index (χ2n) is 7.95. The molecule has 6 heteroatoms. The van der Waals surface area contributed by atoms with Gasteiger partial charge in [0.2, 0.25) is 0 Å². The fraction of sp³-hybridized carbons (Fsp3) is 0.231. The lowest BCUT2D eigenvalue weighted by molar-refractivity contribution is -0.138. The van der Waals surface area contributed by atoms with Gasteiger partial charge >= 0.3 is 5.97 Å². The second-order valence-corrected chi connectivity index (χ2v) is 8.36. The number of hydrogen-bond acceptors (Lipinski definition) is 3. The molecule has 0 fully saturated rings.